The van der Waals surface area contributed by atoms with Crippen LogP contribution >= 0.6 is 0 Å². The lowest BCUT2D eigenvalue weighted by Gasteiger charge is -2.63. The van der Waals surface area contributed by atoms with E-state index in [2.05, 4.69) is 20.8 Å². The van der Waals surface area contributed by atoms with Gasteiger partial charge in [0.05, 0.1) is 12.2 Å². The van der Waals surface area contributed by atoms with Gasteiger partial charge in [-0.15, -0.1) is 0 Å². The molecular formula is C28H48O4. The van der Waals surface area contributed by atoms with E-state index in [0.29, 0.717) is 41.9 Å². The van der Waals surface area contributed by atoms with Gasteiger partial charge in [-0.2, -0.15) is 0 Å². The molecule has 0 aromatic rings. The summed E-state index contributed by atoms with van der Waals surface area (Å²) in [6.45, 7) is 12.8. The van der Waals surface area contributed by atoms with Crippen molar-refractivity contribution < 1.29 is 19.7 Å². The molecule has 4 saturated carbocycles. The van der Waals surface area contributed by atoms with Crippen LogP contribution in [0.4, 0.5) is 0 Å². The summed E-state index contributed by atoms with van der Waals surface area (Å²) in [7, 11) is 0. The van der Waals surface area contributed by atoms with Crippen LogP contribution in [0.15, 0.2) is 0 Å². The van der Waals surface area contributed by atoms with E-state index in [9.17, 15) is 15.0 Å². The van der Waals surface area contributed by atoms with Gasteiger partial charge in [-0.05, 0) is 112 Å². The van der Waals surface area contributed by atoms with E-state index < -0.39 is 5.60 Å². The molecule has 4 rings (SSSR count). The van der Waals surface area contributed by atoms with E-state index in [-0.39, 0.29) is 29.0 Å². The number of hydrogen-bond donors (Lipinski definition) is 2. The Morgan fingerprint density at radius 3 is 2.47 bits per heavy atom. The molecule has 0 aromatic carbocycles. The fourth-order valence-corrected chi connectivity index (χ4v) is 9.13. The average molecular weight is 449 g/mol. The number of carbonyl (C=O) groups excluding carboxylic acids is 1. The predicted molar refractivity (Wildman–Crippen MR) is 127 cm³/mol. The van der Waals surface area contributed by atoms with E-state index in [4.69, 9.17) is 4.74 Å². The number of aliphatic hydroxyl groups excluding tert-OH is 2. The van der Waals surface area contributed by atoms with Crippen molar-refractivity contribution >= 4 is 5.97 Å². The number of carbonyl (C=O) groups is 1. The molecule has 0 radical (unpaired) electrons. The second-order valence-electron chi connectivity index (χ2n) is 13.4. The maximum absolute atomic E-state index is 12.3. The highest BCUT2D eigenvalue weighted by atomic mass is 16.6. The molecule has 10 atom stereocenters. The number of fused-ring (bicyclic) bond motifs is 5. The highest BCUT2D eigenvalue weighted by Crippen LogP contribution is 2.68. The average Bonchev–Trinajstić information content (AvgIpc) is 3.05. The zero-order valence-electron chi connectivity index (χ0n) is 21.4. The minimum absolute atomic E-state index is 0.118. The first kappa shape index (κ1) is 24.5. The van der Waals surface area contributed by atoms with Crippen LogP contribution in [0.3, 0.4) is 0 Å². The van der Waals surface area contributed by atoms with Crippen molar-refractivity contribution in [2.75, 3.05) is 0 Å². The standard InChI is InChI=1S/C28H48O4/c1-17(10-13-24(31)32-26(2,3)4)19-11-12-20-25-21(16-23(30)28(19,20)6)27(5)14-8-7-9-18(27)15-22(25)29/h17-23,25,29-30H,7-16H2,1-6H3/t17-,18+,19-,20?,21+,22-,23+,25+,27+,28-/m1/s1. The van der Waals surface area contributed by atoms with Crippen LogP contribution in [-0.4, -0.2) is 34.0 Å². The monoisotopic (exact) mass is 448 g/mol. The third kappa shape index (κ3) is 4.06. The largest absolute Gasteiger partial charge is 0.460 e. The number of hydrogen-bond acceptors (Lipinski definition) is 4. The fourth-order valence-electron chi connectivity index (χ4n) is 9.13. The van der Waals surface area contributed by atoms with E-state index in [1.807, 2.05) is 20.8 Å². The molecule has 0 aliphatic heterocycles. The van der Waals surface area contributed by atoms with Crippen LogP contribution in [0.2, 0.25) is 0 Å². The van der Waals surface area contributed by atoms with Gasteiger partial charge in [-0.25, -0.2) is 0 Å². The van der Waals surface area contributed by atoms with Gasteiger partial charge in [0, 0.05) is 6.42 Å². The molecule has 0 amide bonds. The Kier molecular flexibility index (Phi) is 6.55. The van der Waals surface area contributed by atoms with E-state index >= 15 is 0 Å². The van der Waals surface area contributed by atoms with Gasteiger partial charge in [0.1, 0.15) is 5.60 Å². The minimum Gasteiger partial charge on any atom is -0.460 e. The van der Waals surface area contributed by atoms with Gasteiger partial charge < -0.3 is 14.9 Å². The van der Waals surface area contributed by atoms with Gasteiger partial charge in [-0.1, -0.05) is 33.6 Å². The number of aliphatic hydroxyl groups is 2. The van der Waals surface area contributed by atoms with Crippen LogP contribution in [0.5, 0.6) is 0 Å². The Labute approximate surface area is 195 Å². The first-order chi connectivity index (χ1) is 14.9. The summed E-state index contributed by atoms with van der Waals surface area (Å²) in [6.07, 6.45) is 9.84. The first-order valence-electron chi connectivity index (χ1n) is 13.5. The zero-order valence-corrected chi connectivity index (χ0v) is 21.4. The molecule has 1 unspecified atom stereocenters. The molecule has 32 heavy (non-hydrogen) atoms. The minimum atomic E-state index is -0.441. The van der Waals surface area contributed by atoms with E-state index in [0.717, 1.165) is 32.1 Å². The molecule has 4 aliphatic carbocycles. The van der Waals surface area contributed by atoms with Crippen LogP contribution in [0.25, 0.3) is 0 Å². The predicted octanol–water partition coefficient (Wildman–Crippen LogP) is 5.74. The second-order valence-corrected chi connectivity index (χ2v) is 13.4. The summed E-state index contributed by atoms with van der Waals surface area (Å²) < 4.78 is 5.53. The van der Waals surface area contributed by atoms with Gasteiger partial charge in [0.25, 0.3) is 0 Å². The van der Waals surface area contributed by atoms with Gasteiger partial charge in [0.15, 0.2) is 0 Å². The van der Waals surface area contributed by atoms with Crippen LogP contribution in [0, 0.1) is 46.3 Å². The molecule has 0 bridgehead atoms. The lowest BCUT2D eigenvalue weighted by atomic mass is 9.43. The molecular weight excluding hydrogens is 400 g/mol. The SMILES string of the molecule is C[C@H](CCC(=O)OC(C)(C)C)[C@H]1CCC2[C@@H]3[C@H](O)C[C@@H]4CCCC[C@]4(C)[C@H]3C[C@H](O)[C@@]21C. The fraction of sp³-hybridized carbons (Fsp3) is 0.964. The summed E-state index contributed by atoms with van der Waals surface area (Å²) in [5.41, 5.74) is -0.318. The Morgan fingerprint density at radius 2 is 1.78 bits per heavy atom. The summed E-state index contributed by atoms with van der Waals surface area (Å²) >= 11 is 0. The van der Waals surface area contributed by atoms with Crippen molar-refractivity contribution in [3.05, 3.63) is 0 Å². The molecule has 0 saturated heterocycles. The summed E-state index contributed by atoms with van der Waals surface area (Å²) in [5, 5.41) is 23.0. The Morgan fingerprint density at radius 1 is 1.06 bits per heavy atom. The molecule has 4 fully saturated rings. The van der Waals surface area contributed by atoms with Crippen LogP contribution in [0.1, 0.15) is 106 Å². The number of ether oxygens (including phenoxy) is 1. The smallest absolute Gasteiger partial charge is 0.306 e. The Balaban J connectivity index is 1.50. The highest BCUT2D eigenvalue weighted by molar-refractivity contribution is 5.69. The highest BCUT2D eigenvalue weighted by Gasteiger charge is 2.65. The van der Waals surface area contributed by atoms with Crippen molar-refractivity contribution in [1.29, 1.82) is 0 Å². The first-order valence-corrected chi connectivity index (χ1v) is 13.5. The normalized spacial score (nSPS) is 47.2. The van der Waals surface area contributed by atoms with Crippen LogP contribution < -0.4 is 0 Å². The quantitative estimate of drug-likeness (QED) is 0.539. The number of esters is 1. The molecule has 4 heteroatoms. The van der Waals surface area contributed by atoms with Gasteiger partial charge in [-0.3, -0.25) is 4.79 Å². The van der Waals surface area contributed by atoms with Crippen molar-refractivity contribution in [1.82, 2.24) is 0 Å². The zero-order chi connectivity index (χ0) is 23.5. The van der Waals surface area contributed by atoms with Crippen molar-refractivity contribution in [2.45, 2.75) is 124 Å². The van der Waals surface area contributed by atoms with E-state index in [1.165, 1.54) is 25.7 Å². The number of rotatable bonds is 4. The third-order valence-electron chi connectivity index (χ3n) is 10.7. The third-order valence-corrected chi connectivity index (χ3v) is 10.7. The van der Waals surface area contributed by atoms with E-state index in [1.54, 1.807) is 0 Å². The summed E-state index contributed by atoms with van der Waals surface area (Å²) in [4.78, 5) is 12.3. The molecule has 2 N–H and O–H groups in total. The molecule has 4 nitrogen and oxygen atoms in total. The molecule has 0 heterocycles. The molecule has 4 aliphatic rings. The lowest BCUT2D eigenvalue weighted by Crippen LogP contribution is -2.61. The topological polar surface area (TPSA) is 66.8 Å². The molecule has 0 aromatic heterocycles. The van der Waals surface area contributed by atoms with Crippen molar-refractivity contribution in [3.8, 4) is 0 Å². The summed E-state index contributed by atoms with van der Waals surface area (Å²) in [6, 6.07) is 0. The van der Waals surface area contributed by atoms with Gasteiger partial charge >= 0.3 is 5.97 Å². The van der Waals surface area contributed by atoms with Crippen molar-refractivity contribution in [3.63, 3.8) is 0 Å². The maximum Gasteiger partial charge on any atom is 0.306 e. The van der Waals surface area contributed by atoms with Crippen LogP contribution in [-0.2, 0) is 9.53 Å². The Bertz CT molecular complexity index is 698. The molecule has 184 valence electrons. The van der Waals surface area contributed by atoms with Crippen molar-refractivity contribution in [2.24, 2.45) is 46.3 Å². The molecule has 0 spiro atoms. The second kappa shape index (κ2) is 8.56. The van der Waals surface area contributed by atoms with Gasteiger partial charge in [0.2, 0.25) is 0 Å². The lowest BCUT2D eigenvalue weighted by molar-refractivity contribution is -0.201. The Hall–Kier alpha value is -0.610. The summed E-state index contributed by atoms with van der Waals surface area (Å²) in [5.74, 6) is 2.42. The maximum atomic E-state index is 12.3.